The number of hydrogen-bond acceptors (Lipinski definition) is 1. The van der Waals surface area contributed by atoms with Crippen molar-refractivity contribution in [3.63, 3.8) is 0 Å². The Morgan fingerprint density at radius 1 is 1.28 bits per heavy atom. The van der Waals surface area contributed by atoms with Crippen molar-refractivity contribution in [2.75, 3.05) is 0 Å². The minimum Gasteiger partial charge on any atom is -0.272 e. The minimum absolute atomic E-state index is 0.0420. The molecule has 0 saturated heterocycles. The number of aromatic nitrogens is 2. The molecule has 1 unspecified atom stereocenters. The van der Waals surface area contributed by atoms with E-state index in [1.54, 1.807) is 17.8 Å². The van der Waals surface area contributed by atoms with Gasteiger partial charge >= 0.3 is 0 Å². The van der Waals surface area contributed by atoms with Gasteiger partial charge in [0.05, 0.1) is 0 Å². The van der Waals surface area contributed by atoms with Gasteiger partial charge in [-0.3, -0.25) is 4.68 Å². The van der Waals surface area contributed by atoms with Gasteiger partial charge in [-0.05, 0) is 18.9 Å². The second kappa shape index (κ2) is 6.30. The first-order chi connectivity index (χ1) is 8.44. The molecule has 0 amide bonds. The van der Waals surface area contributed by atoms with Crippen molar-refractivity contribution in [3.8, 4) is 0 Å². The third kappa shape index (κ3) is 3.30. The molecule has 0 aliphatic rings. The maximum atomic E-state index is 12.7. The van der Waals surface area contributed by atoms with E-state index >= 15 is 0 Å². The average molecular weight is 258 g/mol. The molecule has 0 aliphatic carbocycles. The highest BCUT2D eigenvalue weighted by molar-refractivity contribution is 5.20. The van der Waals surface area contributed by atoms with E-state index in [-0.39, 0.29) is 11.1 Å². The number of rotatable bonds is 7. The van der Waals surface area contributed by atoms with Gasteiger partial charge in [0.25, 0.3) is 6.43 Å². The number of unbranched alkanes of at least 4 members (excludes halogenated alkanes) is 1. The van der Waals surface area contributed by atoms with Crippen LogP contribution in [-0.2, 0) is 12.5 Å². The van der Waals surface area contributed by atoms with Crippen LogP contribution in [0, 0.1) is 0 Å². The summed E-state index contributed by atoms with van der Waals surface area (Å²) in [5, 5.41) is 3.93. The van der Waals surface area contributed by atoms with Crippen LogP contribution in [0.4, 0.5) is 8.78 Å². The summed E-state index contributed by atoms with van der Waals surface area (Å²) < 4.78 is 27.1. The van der Waals surface area contributed by atoms with Crippen molar-refractivity contribution in [3.05, 3.63) is 17.5 Å². The van der Waals surface area contributed by atoms with Gasteiger partial charge in [-0.2, -0.15) is 5.10 Å². The average Bonchev–Trinajstić information content (AvgIpc) is 2.70. The zero-order chi connectivity index (χ0) is 13.8. The van der Waals surface area contributed by atoms with Crippen LogP contribution in [0.15, 0.2) is 6.07 Å². The molecule has 18 heavy (non-hydrogen) atoms. The van der Waals surface area contributed by atoms with Crippen molar-refractivity contribution in [2.45, 2.75) is 64.7 Å². The van der Waals surface area contributed by atoms with Crippen LogP contribution < -0.4 is 0 Å². The normalized spacial score (nSPS) is 15.1. The van der Waals surface area contributed by atoms with Crippen LogP contribution in [0.2, 0.25) is 0 Å². The maximum absolute atomic E-state index is 12.7. The molecule has 104 valence electrons. The van der Waals surface area contributed by atoms with E-state index in [1.807, 2.05) is 0 Å². The molecular formula is C14H24F2N2. The lowest BCUT2D eigenvalue weighted by Crippen LogP contribution is -2.25. The van der Waals surface area contributed by atoms with E-state index in [4.69, 9.17) is 0 Å². The quantitative estimate of drug-likeness (QED) is 0.698. The molecule has 1 aromatic rings. The van der Waals surface area contributed by atoms with E-state index in [9.17, 15) is 8.78 Å². The number of halogens is 2. The lowest BCUT2D eigenvalue weighted by atomic mass is 9.77. The Labute approximate surface area is 108 Å². The summed E-state index contributed by atoms with van der Waals surface area (Å²) in [5.41, 5.74) is 0.791. The Morgan fingerprint density at radius 2 is 1.94 bits per heavy atom. The van der Waals surface area contributed by atoms with Gasteiger partial charge in [0, 0.05) is 18.2 Å². The maximum Gasteiger partial charge on any atom is 0.282 e. The smallest absolute Gasteiger partial charge is 0.272 e. The summed E-state index contributed by atoms with van der Waals surface area (Å²) >= 11 is 0. The van der Waals surface area contributed by atoms with E-state index < -0.39 is 6.43 Å². The highest BCUT2D eigenvalue weighted by Gasteiger charge is 2.30. The Balaban J connectivity index is 3.04. The zero-order valence-corrected chi connectivity index (χ0v) is 11.8. The fraction of sp³-hybridized carbons (Fsp3) is 0.786. The Hall–Kier alpha value is -0.930. The standard InChI is InChI=1S/C14H24F2N2/c1-5-7-9-14(3,8-6-2)12-10-11(13(15)16)17-18(12)4/h10,13H,5-9H2,1-4H3. The first-order valence-electron chi connectivity index (χ1n) is 6.77. The second-order valence-corrected chi connectivity index (χ2v) is 5.29. The molecule has 0 spiro atoms. The Morgan fingerprint density at radius 3 is 2.39 bits per heavy atom. The van der Waals surface area contributed by atoms with Gasteiger partial charge in [-0.25, -0.2) is 8.78 Å². The van der Waals surface area contributed by atoms with Gasteiger partial charge < -0.3 is 0 Å². The van der Waals surface area contributed by atoms with Crippen LogP contribution in [0.3, 0.4) is 0 Å². The summed E-state index contributed by atoms with van der Waals surface area (Å²) in [7, 11) is 1.76. The number of hydrogen-bond donors (Lipinski definition) is 0. The van der Waals surface area contributed by atoms with Crippen LogP contribution in [0.5, 0.6) is 0 Å². The highest BCUT2D eigenvalue weighted by atomic mass is 19.3. The Bertz CT molecular complexity index is 374. The highest BCUT2D eigenvalue weighted by Crippen LogP contribution is 2.35. The fourth-order valence-electron chi connectivity index (χ4n) is 2.66. The van der Waals surface area contributed by atoms with E-state index in [0.29, 0.717) is 0 Å². The van der Waals surface area contributed by atoms with Crippen molar-refractivity contribution >= 4 is 0 Å². The SMILES string of the molecule is CCCCC(C)(CCC)c1cc(C(F)F)nn1C. The molecule has 1 heterocycles. The fourth-order valence-corrected chi connectivity index (χ4v) is 2.66. The molecule has 0 saturated carbocycles. The molecule has 4 heteroatoms. The summed E-state index contributed by atoms with van der Waals surface area (Å²) in [6.45, 7) is 6.45. The van der Waals surface area contributed by atoms with Crippen LogP contribution in [-0.4, -0.2) is 9.78 Å². The largest absolute Gasteiger partial charge is 0.282 e. The van der Waals surface area contributed by atoms with Crippen LogP contribution in [0.1, 0.15) is 70.7 Å². The molecule has 0 radical (unpaired) electrons. The predicted molar refractivity (Wildman–Crippen MR) is 70.0 cm³/mol. The molecule has 2 nitrogen and oxygen atoms in total. The topological polar surface area (TPSA) is 17.8 Å². The summed E-state index contributed by atoms with van der Waals surface area (Å²) in [5.74, 6) is 0. The molecule has 0 bridgehead atoms. The molecule has 0 N–H and O–H groups in total. The summed E-state index contributed by atoms with van der Waals surface area (Å²) in [4.78, 5) is 0. The van der Waals surface area contributed by atoms with Crippen molar-refractivity contribution < 1.29 is 8.78 Å². The minimum atomic E-state index is -2.48. The van der Waals surface area contributed by atoms with E-state index in [0.717, 1.165) is 37.8 Å². The van der Waals surface area contributed by atoms with Gasteiger partial charge in [-0.1, -0.05) is 40.0 Å². The van der Waals surface area contributed by atoms with Crippen molar-refractivity contribution in [2.24, 2.45) is 7.05 Å². The van der Waals surface area contributed by atoms with E-state index in [2.05, 4.69) is 25.9 Å². The molecule has 0 aliphatic heterocycles. The molecule has 1 aromatic heterocycles. The zero-order valence-electron chi connectivity index (χ0n) is 11.8. The Kier molecular flexibility index (Phi) is 5.29. The van der Waals surface area contributed by atoms with Gasteiger partial charge in [0.15, 0.2) is 0 Å². The van der Waals surface area contributed by atoms with Gasteiger partial charge in [0.2, 0.25) is 0 Å². The number of aryl methyl sites for hydroxylation is 1. The molecule has 0 aromatic carbocycles. The van der Waals surface area contributed by atoms with E-state index in [1.165, 1.54) is 0 Å². The molecular weight excluding hydrogens is 234 g/mol. The number of alkyl halides is 2. The summed E-state index contributed by atoms with van der Waals surface area (Å²) in [6, 6.07) is 1.58. The third-order valence-corrected chi connectivity index (χ3v) is 3.62. The van der Waals surface area contributed by atoms with Gasteiger partial charge in [0.1, 0.15) is 5.69 Å². The summed E-state index contributed by atoms with van der Waals surface area (Å²) in [6.07, 6.45) is 2.84. The van der Waals surface area contributed by atoms with Crippen molar-refractivity contribution in [1.29, 1.82) is 0 Å². The monoisotopic (exact) mass is 258 g/mol. The first kappa shape index (κ1) is 15.1. The third-order valence-electron chi connectivity index (χ3n) is 3.62. The second-order valence-electron chi connectivity index (χ2n) is 5.29. The molecule has 1 atom stereocenters. The van der Waals surface area contributed by atoms with Crippen molar-refractivity contribution in [1.82, 2.24) is 9.78 Å². The molecule has 0 fully saturated rings. The van der Waals surface area contributed by atoms with Gasteiger partial charge in [-0.15, -0.1) is 0 Å². The van der Waals surface area contributed by atoms with Crippen LogP contribution in [0.25, 0.3) is 0 Å². The first-order valence-corrected chi connectivity index (χ1v) is 6.77. The van der Waals surface area contributed by atoms with Crippen LogP contribution >= 0.6 is 0 Å². The number of nitrogens with zero attached hydrogens (tertiary/aromatic N) is 2. The molecule has 1 rings (SSSR count). The lowest BCUT2D eigenvalue weighted by Gasteiger charge is -2.29. The predicted octanol–water partition coefficient (Wildman–Crippen LogP) is 4.61. The lowest BCUT2D eigenvalue weighted by molar-refractivity contribution is 0.145.